The van der Waals surface area contributed by atoms with Crippen LogP contribution in [0.25, 0.3) is 0 Å². The largest absolute Gasteiger partial charge is 0.375 e. The van der Waals surface area contributed by atoms with E-state index in [-0.39, 0.29) is 6.10 Å². The molecule has 1 fully saturated rings. The minimum atomic E-state index is 0.127. The van der Waals surface area contributed by atoms with Gasteiger partial charge in [0.1, 0.15) is 5.82 Å². The number of rotatable bonds is 4. The summed E-state index contributed by atoms with van der Waals surface area (Å²) in [5.41, 5.74) is 2.47. The summed E-state index contributed by atoms with van der Waals surface area (Å²) in [5.74, 6) is 1.19. The molecule has 2 aliphatic heterocycles. The van der Waals surface area contributed by atoms with E-state index in [9.17, 15) is 0 Å². The Labute approximate surface area is 121 Å². The smallest absolute Gasteiger partial charge is 0.132 e. The number of hydrogen-bond donors (Lipinski definition) is 1. The lowest BCUT2D eigenvalue weighted by molar-refractivity contribution is 0.0915. The third-order valence-corrected chi connectivity index (χ3v) is 4.53. The lowest BCUT2D eigenvalue weighted by atomic mass is 10.1. The highest BCUT2D eigenvalue weighted by molar-refractivity contribution is 5.56. The van der Waals surface area contributed by atoms with Gasteiger partial charge in [0, 0.05) is 32.3 Å². The molecule has 0 radical (unpaired) electrons. The highest BCUT2D eigenvalue weighted by atomic mass is 16.5. The second kappa shape index (κ2) is 5.70. The molecule has 1 unspecified atom stereocenters. The van der Waals surface area contributed by atoms with Crippen molar-refractivity contribution in [3.05, 3.63) is 23.4 Å². The third-order valence-electron chi connectivity index (χ3n) is 4.53. The van der Waals surface area contributed by atoms with Gasteiger partial charge in [-0.15, -0.1) is 0 Å². The van der Waals surface area contributed by atoms with Gasteiger partial charge in [0.05, 0.1) is 11.8 Å². The number of hydrogen-bond acceptors (Lipinski definition) is 4. The van der Waals surface area contributed by atoms with Gasteiger partial charge < -0.3 is 15.0 Å². The number of piperazine rings is 1. The van der Waals surface area contributed by atoms with Gasteiger partial charge in [0.25, 0.3) is 0 Å². The Kier molecular flexibility index (Phi) is 3.94. The molecule has 0 saturated carbocycles. The Morgan fingerprint density at radius 1 is 1.45 bits per heavy atom. The van der Waals surface area contributed by atoms with E-state index in [0.29, 0.717) is 12.1 Å². The molecule has 1 saturated heterocycles. The number of aromatic nitrogens is 1. The average molecular weight is 275 g/mol. The van der Waals surface area contributed by atoms with Crippen molar-refractivity contribution in [3.63, 3.8) is 0 Å². The molecule has 4 nitrogen and oxygen atoms in total. The van der Waals surface area contributed by atoms with Crippen molar-refractivity contribution in [3.8, 4) is 0 Å². The van der Waals surface area contributed by atoms with Crippen molar-refractivity contribution in [1.29, 1.82) is 0 Å². The maximum Gasteiger partial charge on any atom is 0.132 e. The zero-order valence-electron chi connectivity index (χ0n) is 12.7. The molecule has 1 N–H and O–H groups in total. The van der Waals surface area contributed by atoms with Gasteiger partial charge in [-0.05, 0) is 31.4 Å². The van der Waals surface area contributed by atoms with E-state index in [1.807, 2.05) is 0 Å². The maximum absolute atomic E-state index is 5.61. The Bertz CT molecular complexity index is 477. The average Bonchev–Trinajstić information content (AvgIpc) is 2.83. The fraction of sp³-hybridized carbons (Fsp3) is 0.688. The van der Waals surface area contributed by atoms with Crippen molar-refractivity contribution in [1.82, 2.24) is 10.3 Å². The number of fused-ring (bicyclic) bond motifs is 3. The van der Waals surface area contributed by atoms with Gasteiger partial charge in [-0.25, -0.2) is 4.98 Å². The van der Waals surface area contributed by atoms with Gasteiger partial charge in [-0.1, -0.05) is 19.4 Å². The summed E-state index contributed by atoms with van der Waals surface area (Å²) >= 11 is 0. The van der Waals surface area contributed by atoms with E-state index in [0.717, 1.165) is 38.0 Å². The van der Waals surface area contributed by atoms with Crippen molar-refractivity contribution >= 4 is 5.82 Å². The number of methoxy groups -OCH3 is 1. The van der Waals surface area contributed by atoms with Gasteiger partial charge in [0.2, 0.25) is 0 Å². The molecule has 20 heavy (non-hydrogen) atoms. The molecule has 0 bridgehead atoms. The van der Waals surface area contributed by atoms with E-state index < -0.39 is 0 Å². The molecule has 0 aliphatic carbocycles. The molecule has 2 aliphatic rings. The van der Waals surface area contributed by atoms with Gasteiger partial charge in [-0.2, -0.15) is 0 Å². The first-order chi connectivity index (χ1) is 9.74. The van der Waals surface area contributed by atoms with Crippen LogP contribution in [0.4, 0.5) is 5.82 Å². The number of ether oxygens (including phenoxy) is 1. The van der Waals surface area contributed by atoms with E-state index in [4.69, 9.17) is 9.72 Å². The molecule has 4 heteroatoms. The lowest BCUT2D eigenvalue weighted by Gasteiger charge is -2.37. The molecule has 1 aromatic heterocycles. The van der Waals surface area contributed by atoms with Crippen LogP contribution in [0.3, 0.4) is 0 Å². The molecule has 3 rings (SSSR count). The minimum Gasteiger partial charge on any atom is -0.375 e. The van der Waals surface area contributed by atoms with Crippen LogP contribution in [0, 0.1) is 0 Å². The quantitative estimate of drug-likeness (QED) is 0.915. The second-order valence-corrected chi connectivity index (χ2v) is 6.00. The first kappa shape index (κ1) is 13.8. The summed E-state index contributed by atoms with van der Waals surface area (Å²) < 4.78 is 5.61. The van der Waals surface area contributed by atoms with Gasteiger partial charge in [0.15, 0.2) is 0 Å². The second-order valence-electron chi connectivity index (χ2n) is 6.00. The van der Waals surface area contributed by atoms with Crippen molar-refractivity contribution in [2.45, 2.75) is 51.3 Å². The topological polar surface area (TPSA) is 37.4 Å². The summed E-state index contributed by atoms with van der Waals surface area (Å²) in [6.07, 6.45) is 3.39. The number of anilines is 1. The summed E-state index contributed by atoms with van der Waals surface area (Å²) in [5, 5.41) is 3.52. The summed E-state index contributed by atoms with van der Waals surface area (Å²) in [6.45, 7) is 6.58. The molecule has 3 heterocycles. The van der Waals surface area contributed by atoms with Crippen LogP contribution in [-0.2, 0) is 11.2 Å². The molecular weight excluding hydrogens is 250 g/mol. The molecule has 0 aromatic carbocycles. The molecule has 0 amide bonds. The van der Waals surface area contributed by atoms with Crippen LogP contribution in [0.15, 0.2) is 12.1 Å². The highest BCUT2D eigenvalue weighted by Crippen LogP contribution is 2.35. The van der Waals surface area contributed by atoms with E-state index in [1.54, 1.807) is 7.11 Å². The van der Waals surface area contributed by atoms with Crippen LogP contribution in [0.2, 0.25) is 0 Å². The Morgan fingerprint density at radius 2 is 2.30 bits per heavy atom. The first-order valence-corrected chi connectivity index (χ1v) is 7.76. The summed E-state index contributed by atoms with van der Waals surface area (Å²) in [4.78, 5) is 7.46. The number of pyridine rings is 1. The lowest BCUT2D eigenvalue weighted by Crippen LogP contribution is -2.55. The van der Waals surface area contributed by atoms with Crippen LogP contribution in [-0.4, -0.2) is 37.3 Å². The number of nitrogens with one attached hydrogen (secondary N) is 1. The standard InChI is InChI=1S/C16H25N3O/c1-4-5-15(20-3)14-7-6-12-8-13-10-17-9-11(2)19(13)16(12)18-14/h6-7,11,13,15,17H,4-5,8-10H2,1-3H3/t11-,13-,15?/m1/s1. The minimum absolute atomic E-state index is 0.127. The maximum atomic E-state index is 5.61. The molecular formula is C16H25N3O. The zero-order chi connectivity index (χ0) is 14.1. The SMILES string of the molecule is CCCC(OC)c1ccc2c(n1)N1[C@@H](CNC[C@H]1C)C2. The normalized spacial score (nSPS) is 26.2. The highest BCUT2D eigenvalue weighted by Gasteiger charge is 2.36. The van der Waals surface area contributed by atoms with E-state index >= 15 is 0 Å². The Hall–Kier alpha value is -1.13. The molecule has 0 spiro atoms. The summed E-state index contributed by atoms with van der Waals surface area (Å²) in [6, 6.07) is 5.50. The monoisotopic (exact) mass is 275 g/mol. The Balaban J connectivity index is 1.91. The van der Waals surface area contributed by atoms with Crippen LogP contribution < -0.4 is 10.2 Å². The van der Waals surface area contributed by atoms with E-state index in [2.05, 4.69) is 36.2 Å². The summed E-state index contributed by atoms with van der Waals surface area (Å²) in [7, 11) is 1.78. The van der Waals surface area contributed by atoms with Crippen molar-refractivity contribution in [2.24, 2.45) is 0 Å². The van der Waals surface area contributed by atoms with Crippen LogP contribution >= 0.6 is 0 Å². The van der Waals surface area contributed by atoms with Crippen LogP contribution in [0.5, 0.6) is 0 Å². The molecule has 3 atom stereocenters. The van der Waals surface area contributed by atoms with Crippen molar-refractivity contribution < 1.29 is 4.74 Å². The molecule has 1 aromatic rings. The third kappa shape index (κ3) is 2.31. The van der Waals surface area contributed by atoms with Crippen molar-refractivity contribution in [2.75, 3.05) is 25.1 Å². The zero-order valence-corrected chi connectivity index (χ0v) is 12.7. The fourth-order valence-corrected chi connectivity index (χ4v) is 3.52. The Morgan fingerprint density at radius 3 is 3.05 bits per heavy atom. The number of nitrogens with zero attached hydrogens (tertiary/aromatic N) is 2. The van der Waals surface area contributed by atoms with E-state index in [1.165, 1.54) is 11.4 Å². The van der Waals surface area contributed by atoms with Crippen LogP contribution in [0.1, 0.15) is 44.1 Å². The predicted molar refractivity (Wildman–Crippen MR) is 81.2 cm³/mol. The predicted octanol–water partition coefficient (Wildman–Crippen LogP) is 2.29. The van der Waals surface area contributed by atoms with Gasteiger partial charge in [-0.3, -0.25) is 0 Å². The first-order valence-electron chi connectivity index (χ1n) is 7.76. The fourth-order valence-electron chi connectivity index (χ4n) is 3.52. The van der Waals surface area contributed by atoms with Gasteiger partial charge >= 0.3 is 0 Å². The molecule has 110 valence electrons.